The standard InChI is InChI=1S/C15H16OS/c1-13-6-5-9-15(10-13)12-17(16)11-14-7-3-2-4-8-14/h2-10H,11-12H2,1H3/t17-/m1/s1. The first kappa shape index (κ1) is 12.1. The van der Waals surface area contributed by atoms with Crippen LogP contribution in [0, 0.1) is 6.92 Å². The van der Waals surface area contributed by atoms with Crippen LogP contribution in [0.5, 0.6) is 0 Å². The van der Waals surface area contributed by atoms with E-state index in [1.54, 1.807) is 0 Å². The molecule has 0 amide bonds. The molecule has 2 heteroatoms. The van der Waals surface area contributed by atoms with Crippen molar-refractivity contribution in [2.45, 2.75) is 18.4 Å². The van der Waals surface area contributed by atoms with Crippen molar-refractivity contribution in [3.05, 3.63) is 71.3 Å². The Morgan fingerprint density at radius 2 is 1.53 bits per heavy atom. The van der Waals surface area contributed by atoms with Crippen LogP contribution >= 0.6 is 0 Å². The van der Waals surface area contributed by atoms with Crippen molar-refractivity contribution in [3.63, 3.8) is 0 Å². The van der Waals surface area contributed by atoms with E-state index in [9.17, 15) is 4.21 Å². The zero-order chi connectivity index (χ0) is 12.1. The molecule has 0 heterocycles. The molecule has 2 aromatic rings. The number of hydrogen-bond donors (Lipinski definition) is 0. The molecule has 0 N–H and O–H groups in total. The fourth-order valence-electron chi connectivity index (χ4n) is 1.80. The predicted octanol–water partition coefficient (Wildman–Crippen LogP) is 3.44. The molecular weight excluding hydrogens is 228 g/mol. The zero-order valence-electron chi connectivity index (χ0n) is 9.93. The first-order valence-corrected chi connectivity index (χ1v) is 7.17. The molecule has 0 aromatic heterocycles. The second kappa shape index (κ2) is 5.78. The molecule has 0 spiro atoms. The molecule has 2 aromatic carbocycles. The maximum Gasteiger partial charge on any atom is 0.0489 e. The monoisotopic (exact) mass is 244 g/mol. The lowest BCUT2D eigenvalue weighted by Gasteiger charge is -2.03. The Hall–Kier alpha value is -1.41. The summed E-state index contributed by atoms with van der Waals surface area (Å²) in [5.41, 5.74) is 3.51. The maximum absolute atomic E-state index is 12.0. The van der Waals surface area contributed by atoms with Gasteiger partial charge in [0, 0.05) is 22.3 Å². The predicted molar refractivity (Wildman–Crippen MR) is 73.2 cm³/mol. The number of benzene rings is 2. The second-order valence-corrected chi connectivity index (χ2v) is 5.66. The fourth-order valence-corrected chi connectivity index (χ4v) is 3.02. The van der Waals surface area contributed by atoms with Crippen molar-refractivity contribution in [2.24, 2.45) is 0 Å². The molecule has 2 rings (SSSR count). The van der Waals surface area contributed by atoms with E-state index in [4.69, 9.17) is 0 Å². The summed E-state index contributed by atoms with van der Waals surface area (Å²) in [6.45, 7) is 2.06. The van der Waals surface area contributed by atoms with Crippen molar-refractivity contribution >= 4 is 10.8 Å². The van der Waals surface area contributed by atoms with Gasteiger partial charge in [-0.3, -0.25) is 4.21 Å². The summed E-state index contributed by atoms with van der Waals surface area (Å²) >= 11 is 0. The third-order valence-corrected chi connectivity index (χ3v) is 3.89. The van der Waals surface area contributed by atoms with Gasteiger partial charge in [-0.15, -0.1) is 0 Å². The highest BCUT2D eigenvalue weighted by Crippen LogP contribution is 2.10. The number of aryl methyl sites for hydroxylation is 1. The minimum absolute atomic E-state index is 0.634. The van der Waals surface area contributed by atoms with Gasteiger partial charge in [-0.05, 0) is 18.1 Å². The maximum atomic E-state index is 12.0. The lowest BCUT2D eigenvalue weighted by molar-refractivity contribution is 0.682. The average molecular weight is 244 g/mol. The zero-order valence-corrected chi connectivity index (χ0v) is 10.7. The van der Waals surface area contributed by atoms with Crippen molar-refractivity contribution < 1.29 is 4.21 Å². The minimum atomic E-state index is -0.830. The molecule has 1 nitrogen and oxygen atoms in total. The smallest absolute Gasteiger partial charge is 0.0489 e. The SMILES string of the molecule is Cc1cccc(C[S@](=O)Cc2ccccc2)c1. The summed E-state index contributed by atoms with van der Waals surface area (Å²) < 4.78 is 12.0. The molecule has 0 saturated carbocycles. The highest BCUT2D eigenvalue weighted by atomic mass is 32.2. The molecule has 0 radical (unpaired) electrons. The Balaban J connectivity index is 1.98. The normalized spacial score (nSPS) is 12.3. The van der Waals surface area contributed by atoms with E-state index in [-0.39, 0.29) is 0 Å². The van der Waals surface area contributed by atoms with Crippen LogP contribution in [-0.4, -0.2) is 4.21 Å². The van der Waals surface area contributed by atoms with Gasteiger partial charge in [0.2, 0.25) is 0 Å². The molecule has 0 saturated heterocycles. The van der Waals surface area contributed by atoms with Crippen LogP contribution in [-0.2, 0) is 22.3 Å². The van der Waals surface area contributed by atoms with Gasteiger partial charge in [0.15, 0.2) is 0 Å². The van der Waals surface area contributed by atoms with Crippen LogP contribution in [0.4, 0.5) is 0 Å². The van der Waals surface area contributed by atoms with Gasteiger partial charge in [-0.1, -0.05) is 60.2 Å². The van der Waals surface area contributed by atoms with Gasteiger partial charge >= 0.3 is 0 Å². The van der Waals surface area contributed by atoms with Crippen molar-refractivity contribution in [2.75, 3.05) is 0 Å². The van der Waals surface area contributed by atoms with Crippen molar-refractivity contribution in [1.82, 2.24) is 0 Å². The van der Waals surface area contributed by atoms with E-state index in [2.05, 4.69) is 19.1 Å². The van der Waals surface area contributed by atoms with E-state index < -0.39 is 10.8 Å². The van der Waals surface area contributed by atoms with Gasteiger partial charge in [-0.25, -0.2) is 0 Å². The van der Waals surface area contributed by atoms with Gasteiger partial charge in [-0.2, -0.15) is 0 Å². The van der Waals surface area contributed by atoms with E-state index in [1.165, 1.54) is 5.56 Å². The lowest BCUT2D eigenvalue weighted by atomic mass is 10.2. The van der Waals surface area contributed by atoms with Crippen LogP contribution in [0.1, 0.15) is 16.7 Å². The molecule has 0 fully saturated rings. The molecular formula is C15H16OS. The fraction of sp³-hybridized carbons (Fsp3) is 0.200. The van der Waals surface area contributed by atoms with Crippen LogP contribution in [0.3, 0.4) is 0 Å². The van der Waals surface area contributed by atoms with Crippen LogP contribution in [0.2, 0.25) is 0 Å². The topological polar surface area (TPSA) is 17.1 Å². The van der Waals surface area contributed by atoms with Crippen molar-refractivity contribution in [3.8, 4) is 0 Å². The van der Waals surface area contributed by atoms with Gasteiger partial charge in [0.05, 0.1) is 0 Å². The van der Waals surface area contributed by atoms with Gasteiger partial charge in [0.25, 0.3) is 0 Å². The van der Waals surface area contributed by atoms with Crippen molar-refractivity contribution in [1.29, 1.82) is 0 Å². The minimum Gasteiger partial charge on any atom is -0.259 e. The quantitative estimate of drug-likeness (QED) is 0.805. The molecule has 1 atom stereocenters. The first-order valence-electron chi connectivity index (χ1n) is 5.68. The van der Waals surface area contributed by atoms with Crippen LogP contribution in [0.25, 0.3) is 0 Å². The molecule has 0 aliphatic carbocycles. The van der Waals surface area contributed by atoms with E-state index in [0.717, 1.165) is 11.1 Å². The third-order valence-electron chi connectivity index (χ3n) is 2.58. The summed E-state index contributed by atoms with van der Waals surface area (Å²) in [5, 5.41) is 0. The summed E-state index contributed by atoms with van der Waals surface area (Å²) in [6.07, 6.45) is 0. The summed E-state index contributed by atoms with van der Waals surface area (Å²) in [5.74, 6) is 1.27. The van der Waals surface area contributed by atoms with E-state index in [1.807, 2.05) is 42.5 Å². The van der Waals surface area contributed by atoms with Gasteiger partial charge in [0.1, 0.15) is 0 Å². The Labute approximate surface area is 105 Å². The van der Waals surface area contributed by atoms with Crippen LogP contribution < -0.4 is 0 Å². The molecule has 0 unspecified atom stereocenters. The Morgan fingerprint density at radius 1 is 0.882 bits per heavy atom. The molecule has 0 bridgehead atoms. The molecule has 17 heavy (non-hydrogen) atoms. The first-order chi connectivity index (χ1) is 8.24. The summed E-state index contributed by atoms with van der Waals surface area (Å²) in [4.78, 5) is 0. The Bertz CT molecular complexity index is 505. The highest BCUT2D eigenvalue weighted by Gasteiger charge is 2.03. The highest BCUT2D eigenvalue weighted by molar-refractivity contribution is 7.83. The number of hydrogen-bond acceptors (Lipinski definition) is 1. The average Bonchev–Trinajstić information content (AvgIpc) is 2.30. The summed E-state index contributed by atoms with van der Waals surface area (Å²) in [7, 11) is -0.830. The second-order valence-electron chi connectivity index (χ2n) is 4.20. The molecule has 88 valence electrons. The summed E-state index contributed by atoms with van der Waals surface area (Å²) in [6, 6.07) is 18.2. The largest absolute Gasteiger partial charge is 0.259 e. The van der Waals surface area contributed by atoms with Crippen LogP contribution in [0.15, 0.2) is 54.6 Å². The Morgan fingerprint density at radius 3 is 2.24 bits per heavy atom. The molecule has 0 aliphatic rings. The third kappa shape index (κ3) is 3.82. The molecule has 0 aliphatic heterocycles. The Kier molecular flexibility index (Phi) is 4.10. The lowest BCUT2D eigenvalue weighted by Crippen LogP contribution is -1.99. The number of rotatable bonds is 4. The van der Waals surface area contributed by atoms with E-state index >= 15 is 0 Å². The van der Waals surface area contributed by atoms with E-state index in [0.29, 0.717) is 11.5 Å². The van der Waals surface area contributed by atoms with Gasteiger partial charge < -0.3 is 0 Å².